The lowest BCUT2D eigenvalue weighted by atomic mass is 9.74. The summed E-state index contributed by atoms with van der Waals surface area (Å²) >= 11 is 0. The Labute approximate surface area is 159 Å². The van der Waals surface area contributed by atoms with Crippen LogP contribution in [-0.2, 0) is 16.0 Å². The standard InChI is InChI=1S/C20H17NO7/c22-15-7-5-12(9-16(15)23)6-8-17(24)20(18(25)26)10-13-3-1-2-4-14(13)21(11-20)19(27)28/h1-9,22-23H,10-11H2,(H,25,26)(H,27,28). The molecule has 1 aliphatic rings. The van der Waals surface area contributed by atoms with Crippen molar-refractivity contribution < 1.29 is 34.8 Å². The summed E-state index contributed by atoms with van der Waals surface area (Å²) in [5, 5.41) is 38.2. The highest BCUT2D eigenvalue weighted by molar-refractivity contribution is 6.12. The van der Waals surface area contributed by atoms with Gasteiger partial charge >= 0.3 is 12.1 Å². The number of hydrogen-bond acceptors (Lipinski definition) is 5. The lowest BCUT2D eigenvalue weighted by Crippen LogP contribution is -2.54. The van der Waals surface area contributed by atoms with E-state index < -0.39 is 29.8 Å². The zero-order valence-electron chi connectivity index (χ0n) is 14.6. The summed E-state index contributed by atoms with van der Waals surface area (Å²) in [7, 11) is 0. The van der Waals surface area contributed by atoms with E-state index in [2.05, 4.69) is 0 Å². The van der Waals surface area contributed by atoms with E-state index in [0.717, 1.165) is 11.0 Å². The highest BCUT2D eigenvalue weighted by Gasteiger charge is 2.50. The summed E-state index contributed by atoms with van der Waals surface area (Å²) in [4.78, 5) is 37.4. The molecule has 8 heteroatoms. The number of ketones is 1. The second kappa shape index (κ2) is 7.07. The molecular formula is C20H17NO7. The van der Waals surface area contributed by atoms with Crippen LogP contribution in [0.1, 0.15) is 11.1 Å². The molecule has 3 rings (SSSR count). The Hall–Kier alpha value is -3.81. The SMILES string of the molecule is O=C(O)N1CC(C(=O)O)(C(=O)C=Cc2ccc(O)c(O)c2)Cc2ccccc21. The summed E-state index contributed by atoms with van der Waals surface area (Å²) in [6.45, 7) is -0.515. The molecule has 8 nitrogen and oxygen atoms in total. The number of rotatable bonds is 4. The third kappa shape index (κ3) is 3.27. The molecule has 2 aromatic carbocycles. The number of nitrogens with zero attached hydrogens (tertiary/aromatic N) is 1. The Morgan fingerprint density at radius 2 is 1.71 bits per heavy atom. The number of amides is 1. The first kappa shape index (κ1) is 19.0. The summed E-state index contributed by atoms with van der Waals surface area (Å²) in [6, 6.07) is 10.3. The highest BCUT2D eigenvalue weighted by Crippen LogP contribution is 2.38. The number of fused-ring (bicyclic) bond motifs is 1. The summed E-state index contributed by atoms with van der Waals surface area (Å²) in [6.07, 6.45) is 0.857. The van der Waals surface area contributed by atoms with Gasteiger partial charge in [-0.1, -0.05) is 30.3 Å². The molecule has 0 bridgehead atoms. The average molecular weight is 383 g/mol. The maximum Gasteiger partial charge on any atom is 0.411 e. The average Bonchev–Trinajstić information content (AvgIpc) is 2.67. The maximum absolute atomic E-state index is 12.9. The molecule has 1 unspecified atom stereocenters. The minimum atomic E-state index is -1.97. The monoisotopic (exact) mass is 383 g/mol. The predicted octanol–water partition coefficient (Wildman–Crippen LogP) is 2.49. The third-order valence-electron chi connectivity index (χ3n) is 4.74. The number of benzene rings is 2. The second-order valence-electron chi connectivity index (χ2n) is 6.51. The molecule has 1 amide bonds. The maximum atomic E-state index is 12.9. The van der Waals surface area contributed by atoms with Crippen LogP contribution in [0.25, 0.3) is 6.08 Å². The van der Waals surface area contributed by atoms with Gasteiger partial charge in [0.05, 0.1) is 12.2 Å². The summed E-state index contributed by atoms with van der Waals surface area (Å²) in [5.74, 6) is -2.90. The molecule has 0 spiro atoms. The Balaban J connectivity index is 1.99. The van der Waals surface area contributed by atoms with E-state index in [9.17, 15) is 34.8 Å². The smallest absolute Gasteiger partial charge is 0.411 e. The number of para-hydroxylation sites is 1. The molecule has 1 heterocycles. The molecule has 0 aromatic heterocycles. The van der Waals surface area contributed by atoms with Crippen LogP contribution in [0.2, 0.25) is 0 Å². The van der Waals surface area contributed by atoms with Gasteiger partial charge in [-0.3, -0.25) is 14.5 Å². The van der Waals surface area contributed by atoms with Gasteiger partial charge in [0, 0.05) is 0 Å². The Morgan fingerprint density at radius 1 is 1.00 bits per heavy atom. The van der Waals surface area contributed by atoms with E-state index in [-0.39, 0.29) is 17.9 Å². The highest BCUT2D eigenvalue weighted by atomic mass is 16.4. The normalized spacial score (nSPS) is 18.6. The number of carboxylic acid groups (broad SMARTS) is 2. The van der Waals surface area contributed by atoms with Crippen LogP contribution in [0, 0.1) is 5.41 Å². The lowest BCUT2D eigenvalue weighted by Gasteiger charge is -2.38. The number of carbonyl (C=O) groups is 3. The van der Waals surface area contributed by atoms with Crippen molar-refractivity contribution in [3.05, 3.63) is 59.7 Å². The van der Waals surface area contributed by atoms with Gasteiger partial charge in [0.15, 0.2) is 22.7 Å². The molecule has 28 heavy (non-hydrogen) atoms. The van der Waals surface area contributed by atoms with Gasteiger partial charge in [0.2, 0.25) is 0 Å². The van der Waals surface area contributed by atoms with Crippen molar-refractivity contribution in [1.82, 2.24) is 0 Å². The number of phenols is 2. The first-order chi connectivity index (χ1) is 13.2. The zero-order chi connectivity index (χ0) is 20.5. The Bertz CT molecular complexity index is 998. The van der Waals surface area contributed by atoms with E-state index in [4.69, 9.17) is 0 Å². The molecule has 0 aliphatic carbocycles. The fourth-order valence-corrected chi connectivity index (χ4v) is 3.22. The Kier molecular flexibility index (Phi) is 4.79. The van der Waals surface area contributed by atoms with Gasteiger partial charge in [-0.25, -0.2) is 4.79 Å². The molecule has 0 fully saturated rings. The van der Waals surface area contributed by atoms with Crippen LogP contribution in [0.3, 0.4) is 0 Å². The van der Waals surface area contributed by atoms with Crippen molar-refractivity contribution in [2.45, 2.75) is 6.42 Å². The minimum absolute atomic E-state index is 0.147. The molecular weight excluding hydrogens is 366 g/mol. The van der Waals surface area contributed by atoms with Crippen molar-refractivity contribution in [1.29, 1.82) is 0 Å². The molecule has 1 aliphatic heterocycles. The van der Waals surface area contributed by atoms with Gasteiger partial charge < -0.3 is 20.4 Å². The second-order valence-corrected chi connectivity index (χ2v) is 6.51. The topological polar surface area (TPSA) is 135 Å². The Morgan fingerprint density at radius 3 is 2.36 bits per heavy atom. The number of carboxylic acids is 1. The van der Waals surface area contributed by atoms with Crippen molar-refractivity contribution >= 4 is 29.6 Å². The fourth-order valence-electron chi connectivity index (χ4n) is 3.22. The van der Waals surface area contributed by atoms with Gasteiger partial charge in [-0.2, -0.15) is 0 Å². The minimum Gasteiger partial charge on any atom is -0.504 e. The molecule has 0 saturated heterocycles. The molecule has 4 N–H and O–H groups in total. The van der Waals surface area contributed by atoms with E-state index in [1.54, 1.807) is 24.3 Å². The number of aromatic hydroxyl groups is 2. The number of hydrogen-bond donors (Lipinski definition) is 4. The number of carbonyl (C=O) groups excluding carboxylic acids is 1. The first-order valence-corrected chi connectivity index (χ1v) is 8.31. The quantitative estimate of drug-likeness (QED) is 0.362. The van der Waals surface area contributed by atoms with E-state index in [0.29, 0.717) is 16.8 Å². The molecule has 2 aromatic rings. The van der Waals surface area contributed by atoms with Gasteiger partial charge in [0.1, 0.15) is 0 Å². The number of phenolic OH excluding ortho intramolecular Hbond substituents is 2. The number of allylic oxidation sites excluding steroid dienone is 1. The van der Waals surface area contributed by atoms with Crippen LogP contribution in [0.15, 0.2) is 48.5 Å². The predicted molar refractivity (Wildman–Crippen MR) is 99.4 cm³/mol. The first-order valence-electron chi connectivity index (χ1n) is 8.31. The van der Waals surface area contributed by atoms with Crippen molar-refractivity contribution in [3.8, 4) is 11.5 Å². The number of aliphatic carboxylic acids is 1. The van der Waals surface area contributed by atoms with Crippen LogP contribution < -0.4 is 4.90 Å². The number of anilines is 1. The van der Waals surface area contributed by atoms with E-state index in [1.807, 2.05) is 0 Å². The zero-order valence-corrected chi connectivity index (χ0v) is 14.6. The molecule has 0 radical (unpaired) electrons. The summed E-state index contributed by atoms with van der Waals surface area (Å²) < 4.78 is 0. The summed E-state index contributed by atoms with van der Waals surface area (Å²) in [5.41, 5.74) is -0.799. The van der Waals surface area contributed by atoms with Crippen molar-refractivity contribution in [3.63, 3.8) is 0 Å². The van der Waals surface area contributed by atoms with Crippen LogP contribution in [0.5, 0.6) is 11.5 Å². The van der Waals surface area contributed by atoms with E-state index in [1.165, 1.54) is 24.3 Å². The fraction of sp³-hybridized carbons (Fsp3) is 0.150. The van der Waals surface area contributed by atoms with E-state index >= 15 is 0 Å². The largest absolute Gasteiger partial charge is 0.504 e. The van der Waals surface area contributed by atoms with Gasteiger partial charge in [0.25, 0.3) is 0 Å². The van der Waals surface area contributed by atoms with Crippen molar-refractivity contribution in [2.75, 3.05) is 11.4 Å². The van der Waals surface area contributed by atoms with Crippen LogP contribution >= 0.6 is 0 Å². The van der Waals surface area contributed by atoms with Gasteiger partial charge in [-0.05, 0) is 41.8 Å². The molecule has 0 saturated carbocycles. The van der Waals surface area contributed by atoms with Crippen LogP contribution in [0.4, 0.5) is 10.5 Å². The lowest BCUT2D eigenvalue weighted by molar-refractivity contribution is -0.152. The molecule has 1 atom stereocenters. The van der Waals surface area contributed by atoms with Crippen LogP contribution in [-0.4, -0.2) is 44.8 Å². The van der Waals surface area contributed by atoms with Gasteiger partial charge in [-0.15, -0.1) is 0 Å². The third-order valence-corrected chi connectivity index (χ3v) is 4.74. The molecule has 144 valence electrons. The van der Waals surface area contributed by atoms with Crippen molar-refractivity contribution in [2.24, 2.45) is 5.41 Å².